The zero-order valence-electron chi connectivity index (χ0n) is 11.0. The van der Waals surface area contributed by atoms with Crippen molar-refractivity contribution in [2.75, 3.05) is 26.1 Å². The number of nitrogens with zero attached hydrogens (tertiary/aromatic N) is 2. The van der Waals surface area contributed by atoms with Crippen LogP contribution in [0, 0.1) is 0 Å². The van der Waals surface area contributed by atoms with Gasteiger partial charge >= 0.3 is 6.01 Å². The lowest BCUT2D eigenvalue weighted by molar-refractivity contribution is -0.118. The largest absolute Gasteiger partial charge is 0.497 e. The van der Waals surface area contributed by atoms with E-state index in [1.54, 1.807) is 31.4 Å². The predicted octanol–water partition coefficient (Wildman–Crippen LogP) is 0.839. The lowest BCUT2D eigenvalue weighted by atomic mass is 10.3. The molecule has 0 aliphatic heterocycles. The monoisotopic (exact) mass is 278 g/mol. The minimum Gasteiger partial charge on any atom is -0.497 e. The average Bonchev–Trinajstić information content (AvgIpc) is 2.93. The lowest BCUT2D eigenvalue weighted by Gasteiger charge is -2.06. The van der Waals surface area contributed by atoms with Gasteiger partial charge in [0.1, 0.15) is 11.5 Å². The molecule has 0 spiro atoms. The second-order valence-corrected chi connectivity index (χ2v) is 3.68. The van der Waals surface area contributed by atoms with Gasteiger partial charge in [0.2, 0.25) is 5.95 Å². The number of rotatable bonds is 6. The van der Waals surface area contributed by atoms with Crippen LogP contribution in [0.2, 0.25) is 0 Å². The first-order valence-corrected chi connectivity index (χ1v) is 5.74. The standard InChI is InChI=1S/C12H14N4O4/c1-18-8-3-5-9(6-4-8)20-7-10(17)13-11-14-12(19-2)16-15-11/h3-6H,7H2,1-2H3,(H2,13,14,15,16,17). The van der Waals surface area contributed by atoms with E-state index in [9.17, 15) is 4.79 Å². The molecular weight excluding hydrogens is 264 g/mol. The Morgan fingerprint density at radius 1 is 1.20 bits per heavy atom. The number of H-pyrrole nitrogens is 1. The summed E-state index contributed by atoms with van der Waals surface area (Å²) < 4.78 is 15.1. The highest BCUT2D eigenvalue weighted by Gasteiger charge is 2.08. The number of hydrogen-bond donors (Lipinski definition) is 2. The molecule has 0 saturated heterocycles. The Morgan fingerprint density at radius 2 is 1.90 bits per heavy atom. The van der Waals surface area contributed by atoms with Crippen LogP contribution in [0.5, 0.6) is 17.5 Å². The first-order chi connectivity index (χ1) is 9.71. The van der Waals surface area contributed by atoms with Gasteiger partial charge in [-0.25, -0.2) is 5.10 Å². The van der Waals surface area contributed by atoms with Crippen molar-refractivity contribution in [2.45, 2.75) is 0 Å². The van der Waals surface area contributed by atoms with Gasteiger partial charge in [0.05, 0.1) is 14.2 Å². The first kappa shape index (κ1) is 13.7. The van der Waals surface area contributed by atoms with Crippen molar-refractivity contribution in [3.8, 4) is 17.5 Å². The SMILES string of the molecule is COc1ccc(OCC(=O)Nc2nc(OC)n[nH]2)cc1. The summed E-state index contributed by atoms with van der Waals surface area (Å²) in [5, 5.41) is 8.70. The smallest absolute Gasteiger partial charge is 0.336 e. The zero-order chi connectivity index (χ0) is 14.4. The number of carbonyl (C=O) groups is 1. The Labute approximate surface area is 115 Å². The van der Waals surface area contributed by atoms with Crippen molar-refractivity contribution in [3.05, 3.63) is 24.3 Å². The van der Waals surface area contributed by atoms with E-state index < -0.39 is 0 Å². The lowest BCUT2D eigenvalue weighted by Crippen LogP contribution is -2.20. The number of aromatic amines is 1. The number of methoxy groups -OCH3 is 2. The molecular formula is C12H14N4O4. The summed E-state index contributed by atoms with van der Waals surface area (Å²) in [5.74, 6) is 1.12. The molecule has 1 aromatic carbocycles. The fourth-order valence-corrected chi connectivity index (χ4v) is 1.38. The van der Waals surface area contributed by atoms with Crippen molar-refractivity contribution in [2.24, 2.45) is 0 Å². The number of benzene rings is 1. The molecule has 0 radical (unpaired) electrons. The van der Waals surface area contributed by atoms with Crippen LogP contribution < -0.4 is 19.5 Å². The second-order valence-electron chi connectivity index (χ2n) is 3.68. The summed E-state index contributed by atoms with van der Waals surface area (Å²) in [4.78, 5) is 15.5. The third kappa shape index (κ3) is 3.61. The van der Waals surface area contributed by atoms with E-state index in [0.29, 0.717) is 5.75 Å². The van der Waals surface area contributed by atoms with Crippen LogP contribution >= 0.6 is 0 Å². The minimum atomic E-state index is -0.361. The van der Waals surface area contributed by atoms with Gasteiger partial charge in [-0.1, -0.05) is 0 Å². The number of nitrogens with one attached hydrogen (secondary N) is 2. The normalized spacial score (nSPS) is 9.90. The summed E-state index contributed by atoms with van der Waals surface area (Å²) >= 11 is 0. The number of hydrogen-bond acceptors (Lipinski definition) is 6. The fourth-order valence-electron chi connectivity index (χ4n) is 1.38. The molecule has 2 aromatic rings. The number of amides is 1. The molecule has 0 aliphatic rings. The third-order valence-corrected chi connectivity index (χ3v) is 2.33. The fraction of sp³-hybridized carbons (Fsp3) is 0.250. The highest BCUT2D eigenvalue weighted by molar-refractivity contribution is 5.90. The molecule has 8 heteroatoms. The highest BCUT2D eigenvalue weighted by atomic mass is 16.5. The number of anilines is 1. The van der Waals surface area contributed by atoms with Gasteiger partial charge in [-0.2, -0.15) is 4.98 Å². The Morgan fingerprint density at radius 3 is 2.50 bits per heavy atom. The molecule has 20 heavy (non-hydrogen) atoms. The van der Waals surface area contributed by atoms with Crippen LogP contribution in [0.4, 0.5) is 5.95 Å². The van der Waals surface area contributed by atoms with Crippen molar-refractivity contribution >= 4 is 11.9 Å². The van der Waals surface area contributed by atoms with Crippen LogP contribution in [0.15, 0.2) is 24.3 Å². The molecule has 0 fully saturated rings. The summed E-state index contributed by atoms with van der Waals surface area (Å²) in [6, 6.07) is 7.06. The molecule has 106 valence electrons. The van der Waals surface area contributed by atoms with Crippen molar-refractivity contribution in [1.29, 1.82) is 0 Å². The summed E-state index contributed by atoms with van der Waals surface area (Å²) in [5.41, 5.74) is 0. The van der Waals surface area contributed by atoms with E-state index >= 15 is 0 Å². The summed E-state index contributed by atoms with van der Waals surface area (Å²) in [6.07, 6.45) is 0. The van der Waals surface area contributed by atoms with Crippen LogP contribution in [0.1, 0.15) is 0 Å². The van der Waals surface area contributed by atoms with Gasteiger partial charge in [-0.15, -0.1) is 5.10 Å². The molecule has 0 saturated carbocycles. The molecule has 0 aliphatic carbocycles. The van der Waals surface area contributed by atoms with E-state index in [2.05, 4.69) is 20.5 Å². The Bertz CT molecular complexity index is 567. The summed E-state index contributed by atoms with van der Waals surface area (Å²) in [6.45, 7) is -0.144. The Hall–Kier alpha value is -2.77. The number of aromatic nitrogens is 3. The zero-order valence-corrected chi connectivity index (χ0v) is 11.0. The van der Waals surface area contributed by atoms with Gasteiger partial charge < -0.3 is 14.2 Å². The molecule has 0 unspecified atom stereocenters. The minimum absolute atomic E-state index is 0.144. The molecule has 1 aromatic heterocycles. The van der Waals surface area contributed by atoms with Crippen molar-refractivity contribution < 1.29 is 19.0 Å². The van der Waals surface area contributed by atoms with Crippen molar-refractivity contribution in [3.63, 3.8) is 0 Å². The Kier molecular flexibility index (Phi) is 4.38. The molecule has 0 bridgehead atoms. The highest BCUT2D eigenvalue weighted by Crippen LogP contribution is 2.16. The van der Waals surface area contributed by atoms with Gasteiger partial charge in [0.15, 0.2) is 6.61 Å². The number of carbonyl (C=O) groups excluding carboxylic acids is 1. The van der Waals surface area contributed by atoms with Crippen LogP contribution in [0.3, 0.4) is 0 Å². The maximum atomic E-state index is 11.6. The predicted molar refractivity (Wildman–Crippen MR) is 70.1 cm³/mol. The van der Waals surface area contributed by atoms with Gasteiger partial charge in [-0.05, 0) is 24.3 Å². The van der Waals surface area contributed by atoms with E-state index in [4.69, 9.17) is 14.2 Å². The average molecular weight is 278 g/mol. The van der Waals surface area contributed by atoms with Crippen molar-refractivity contribution in [1.82, 2.24) is 15.2 Å². The van der Waals surface area contributed by atoms with Crippen LogP contribution in [0.25, 0.3) is 0 Å². The first-order valence-electron chi connectivity index (χ1n) is 5.74. The molecule has 8 nitrogen and oxygen atoms in total. The third-order valence-electron chi connectivity index (χ3n) is 2.33. The number of ether oxygens (including phenoxy) is 3. The molecule has 2 N–H and O–H groups in total. The maximum Gasteiger partial charge on any atom is 0.336 e. The molecule has 1 heterocycles. The van der Waals surface area contributed by atoms with E-state index in [-0.39, 0.29) is 24.5 Å². The van der Waals surface area contributed by atoms with E-state index in [1.807, 2.05) is 0 Å². The molecule has 1 amide bonds. The molecule has 2 rings (SSSR count). The quantitative estimate of drug-likeness (QED) is 0.812. The maximum absolute atomic E-state index is 11.6. The van der Waals surface area contributed by atoms with E-state index in [1.165, 1.54) is 7.11 Å². The van der Waals surface area contributed by atoms with Gasteiger partial charge in [0.25, 0.3) is 5.91 Å². The Balaban J connectivity index is 1.82. The summed E-state index contributed by atoms with van der Waals surface area (Å²) in [7, 11) is 3.01. The van der Waals surface area contributed by atoms with E-state index in [0.717, 1.165) is 5.75 Å². The second kappa shape index (κ2) is 6.41. The van der Waals surface area contributed by atoms with Gasteiger partial charge in [-0.3, -0.25) is 10.1 Å². The van der Waals surface area contributed by atoms with Crippen LogP contribution in [-0.2, 0) is 4.79 Å². The topological polar surface area (TPSA) is 98.4 Å². The molecule has 0 atom stereocenters. The van der Waals surface area contributed by atoms with Gasteiger partial charge in [0, 0.05) is 0 Å². The van der Waals surface area contributed by atoms with Crippen LogP contribution in [-0.4, -0.2) is 41.9 Å².